The lowest BCUT2D eigenvalue weighted by atomic mass is 10.1. The van der Waals surface area contributed by atoms with Gasteiger partial charge in [0.25, 0.3) is 0 Å². The standard InChI is InChI=1S/C19H28F3N3O2/c1-5-23-17(25-9-8-14(26)12-25)24-11-13-6-7-15(27-18(2,3)4)10-16(13)19(20,21)22/h6-7,10,14,26H,5,8-9,11-12H2,1-4H3,(H,23,24)/t14-/m1/s1. The first-order valence-corrected chi connectivity index (χ1v) is 9.10. The van der Waals surface area contributed by atoms with Crippen LogP contribution in [-0.2, 0) is 12.7 Å². The molecule has 1 aromatic carbocycles. The number of hydrogen-bond donors (Lipinski definition) is 2. The van der Waals surface area contributed by atoms with Gasteiger partial charge in [-0.05, 0) is 51.8 Å². The second-order valence-corrected chi connectivity index (χ2v) is 7.59. The highest BCUT2D eigenvalue weighted by Crippen LogP contribution is 2.35. The van der Waals surface area contributed by atoms with Crippen molar-refractivity contribution in [2.75, 3.05) is 19.6 Å². The predicted molar refractivity (Wildman–Crippen MR) is 98.8 cm³/mol. The topological polar surface area (TPSA) is 57.1 Å². The largest absolute Gasteiger partial charge is 0.488 e. The van der Waals surface area contributed by atoms with E-state index >= 15 is 0 Å². The summed E-state index contributed by atoms with van der Waals surface area (Å²) in [6.45, 7) is 8.77. The van der Waals surface area contributed by atoms with Gasteiger partial charge in [0.2, 0.25) is 0 Å². The summed E-state index contributed by atoms with van der Waals surface area (Å²) in [5, 5.41) is 12.8. The Labute approximate surface area is 158 Å². The molecule has 152 valence electrons. The van der Waals surface area contributed by atoms with E-state index in [1.807, 2.05) is 11.8 Å². The van der Waals surface area contributed by atoms with Gasteiger partial charge in [-0.2, -0.15) is 13.2 Å². The molecule has 1 aromatic rings. The number of nitrogens with one attached hydrogen (secondary N) is 1. The van der Waals surface area contributed by atoms with E-state index in [4.69, 9.17) is 4.74 Å². The molecule has 0 radical (unpaired) electrons. The second-order valence-electron chi connectivity index (χ2n) is 7.59. The number of nitrogens with zero attached hydrogens (tertiary/aromatic N) is 2. The van der Waals surface area contributed by atoms with E-state index in [1.165, 1.54) is 12.1 Å². The Morgan fingerprint density at radius 2 is 2.04 bits per heavy atom. The Hall–Kier alpha value is -1.96. The lowest BCUT2D eigenvalue weighted by molar-refractivity contribution is -0.138. The Bertz CT molecular complexity index is 669. The molecule has 2 N–H and O–H groups in total. The monoisotopic (exact) mass is 387 g/mol. The summed E-state index contributed by atoms with van der Waals surface area (Å²) in [5.41, 5.74) is -1.25. The van der Waals surface area contributed by atoms with Crippen molar-refractivity contribution < 1.29 is 23.0 Å². The molecule has 1 heterocycles. The van der Waals surface area contributed by atoms with Crippen LogP contribution in [-0.4, -0.2) is 47.3 Å². The number of β-amino-alcohol motifs (C(OH)–C–C–N with tert-alkyl or cyclic N) is 1. The molecule has 0 bridgehead atoms. The van der Waals surface area contributed by atoms with Crippen molar-refractivity contribution in [1.82, 2.24) is 10.2 Å². The molecule has 0 saturated carbocycles. The Morgan fingerprint density at radius 3 is 2.56 bits per heavy atom. The molecule has 1 fully saturated rings. The molecule has 1 aliphatic rings. The molecular weight excluding hydrogens is 359 g/mol. The second kappa shape index (κ2) is 8.37. The van der Waals surface area contributed by atoms with Crippen molar-refractivity contribution in [3.05, 3.63) is 29.3 Å². The third-order valence-corrected chi connectivity index (χ3v) is 4.01. The van der Waals surface area contributed by atoms with Gasteiger partial charge in [0.15, 0.2) is 5.96 Å². The maximum Gasteiger partial charge on any atom is 0.416 e. The van der Waals surface area contributed by atoms with E-state index in [2.05, 4.69) is 10.3 Å². The number of benzene rings is 1. The maximum absolute atomic E-state index is 13.5. The third-order valence-electron chi connectivity index (χ3n) is 4.01. The number of rotatable bonds is 4. The van der Waals surface area contributed by atoms with Crippen LogP contribution in [0.15, 0.2) is 23.2 Å². The molecular formula is C19H28F3N3O2. The maximum atomic E-state index is 13.5. The van der Waals surface area contributed by atoms with Gasteiger partial charge in [-0.25, -0.2) is 4.99 Å². The molecule has 0 amide bonds. The molecule has 0 unspecified atom stereocenters. The summed E-state index contributed by atoms with van der Waals surface area (Å²) in [6.07, 6.45) is -4.31. The Kier molecular flexibility index (Phi) is 6.62. The summed E-state index contributed by atoms with van der Waals surface area (Å²) < 4.78 is 46.1. The van der Waals surface area contributed by atoms with Crippen LogP contribution in [0.4, 0.5) is 13.2 Å². The zero-order valence-electron chi connectivity index (χ0n) is 16.2. The van der Waals surface area contributed by atoms with E-state index in [9.17, 15) is 18.3 Å². The summed E-state index contributed by atoms with van der Waals surface area (Å²) >= 11 is 0. The zero-order chi connectivity index (χ0) is 20.2. The van der Waals surface area contributed by atoms with Crippen LogP contribution >= 0.6 is 0 Å². The van der Waals surface area contributed by atoms with Gasteiger partial charge >= 0.3 is 6.18 Å². The van der Waals surface area contributed by atoms with Crippen molar-refractivity contribution in [2.45, 2.75) is 58.5 Å². The highest BCUT2D eigenvalue weighted by Gasteiger charge is 2.34. The van der Waals surface area contributed by atoms with Crippen LogP contribution < -0.4 is 10.1 Å². The molecule has 27 heavy (non-hydrogen) atoms. The molecule has 1 atom stereocenters. The van der Waals surface area contributed by atoms with E-state index < -0.39 is 23.4 Å². The number of aliphatic hydroxyl groups excluding tert-OH is 1. The average molecular weight is 387 g/mol. The Morgan fingerprint density at radius 1 is 1.33 bits per heavy atom. The zero-order valence-corrected chi connectivity index (χ0v) is 16.2. The third kappa shape index (κ3) is 6.30. The van der Waals surface area contributed by atoms with Gasteiger partial charge in [0, 0.05) is 19.6 Å². The average Bonchev–Trinajstić information content (AvgIpc) is 2.96. The summed E-state index contributed by atoms with van der Waals surface area (Å²) in [6, 6.07) is 3.98. The summed E-state index contributed by atoms with van der Waals surface area (Å²) in [7, 11) is 0. The van der Waals surface area contributed by atoms with Crippen molar-refractivity contribution in [1.29, 1.82) is 0 Å². The van der Waals surface area contributed by atoms with Crippen molar-refractivity contribution in [3.8, 4) is 5.75 Å². The van der Waals surface area contributed by atoms with Crippen molar-refractivity contribution in [2.24, 2.45) is 4.99 Å². The van der Waals surface area contributed by atoms with E-state index in [1.54, 1.807) is 20.8 Å². The quantitative estimate of drug-likeness (QED) is 0.614. The highest BCUT2D eigenvalue weighted by atomic mass is 19.4. The Balaban J connectivity index is 2.27. The number of likely N-dealkylation sites (tertiary alicyclic amines) is 1. The number of hydrogen-bond acceptors (Lipinski definition) is 3. The summed E-state index contributed by atoms with van der Waals surface area (Å²) in [5.74, 6) is 0.689. The summed E-state index contributed by atoms with van der Waals surface area (Å²) in [4.78, 5) is 6.22. The molecule has 1 aliphatic heterocycles. The fourth-order valence-corrected chi connectivity index (χ4v) is 2.89. The highest BCUT2D eigenvalue weighted by molar-refractivity contribution is 5.80. The number of ether oxygens (including phenoxy) is 1. The van der Waals surface area contributed by atoms with E-state index in [0.29, 0.717) is 32.0 Å². The first kappa shape index (κ1) is 21.3. The van der Waals surface area contributed by atoms with Gasteiger partial charge in [0.1, 0.15) is 11.4 Å². The van der Waals surface area contributed by atoms with E-state index in [0.717, 1.165) is 6.07 Å². The van der Waals surface area contributed by atoms with Crippen LogP contribution in [0.1, 0.15) is 45.2 Å². The van der Waals surface area contributed by atoms with Crippen molar-refractivity contribution >= 4 is 5.96 Å². The van der Waals surface area contributed by atoms with Crippen LogP contribution in [0, 0.1) is 0 Å². The lowest BCUT2D eigenvalue weighted by Crippen LogP contribution is -2.40. The number of guanidine groups is 1. The normalized spacial score (nSPS) is 18.7. The molecule has 0 spiro atoms. The van der Waals surface area contributed by atoms with Gasteiger partial charge in [-0.1, -0.05) is 6.07 Å². The number of aliphatic hydroxyl groups is 1. The minimum atomic E-state index is -4.50. The first-order chi connectivity index (χ1) is 12.5. The van der Waals surface area contributed by atoms with Gasteiger partial charge < -0.3 is 20.1 Å². The minimum absolute atomic E-state index is 0.0823. The molecule has 5 nitrogen and oxygen atoms in total. The van der Waals surface area contributed by atoms with E-state index in [-0.39, 0.29) is 17.9 Å². The van der Waals surface area contributed by atoms with Gasteiger partial charge in [0.05, 0.1) is 18.2 Å². The molecule has 1 saturated heterocycles. The van der Waals surface area contributed by atoms with Crippen molar-refractivity contribution in [3.63, 3.8) is 0 Å². The SMILES string of the molecule is CCNC(=NCc1ccc(OC(C)(C)C)cc1C(F)(F)F)N1CC[C@@H](O)C1. The lowest BCUT2D eigenvalue weighted by Gasteiger charge is -2.23. The van der Waals surface area contributed by atoms with Crippen LogP contribution in [0.2, 0.25) is 0 Å². The van der Waals surface area contributed by atoms with Gasteiger partial charge in [-0.3, -0.25) is 0 Å². The fraction of sp³-hybridized carbons (Fsp3) is 0.632. The molecule has 2 rings (SSSR count). The minimum Gasteiger partial charge on any atom is -0.488 e. The molecule has 8 heteroatoms. The van der Waals surface area contributed by atoms with Gasteiger partial charge in [-0.15, -0.1) is 0 Å². The number of halogens is 3. The first-order valence-electron chi connectivity index (χ1n) is 9.10. The number of aliphatic imine (C=N–C) groups is 1. The predicted octanol–water partition coefficient (Wildman–Crippen LogP) is 3.41. The van der Waals surface area contributed by atoms with Crippen LogP contribution in [0.3, 0.4) is 0 Å². The smallest absolute Gasteiger partial charge is 0.416 e. The molecule has 0 aromatic heterocycles. The number of alkyl halides is 3. The fourth-order valence-electron chi connectivity index (χ4n) is 2.89. The van der Waals surface area contributed by atoms with Crippen LogP contribution in [0.5, 0.6) is 5.75 Å². The molecule has 0 aliphatic carbocycles. The van der Waals surface area contributed by atoms with Crippen LogP contribution in [0.25, 0.3) is 0 Å².